The van der Waals surface area contributed by atoms with Gasteiger partial charge in [-0.2, -0.15) is 0 Å². The zero-order chi connectivity index (χ0) is 16.6. The van der Waals surface area contributed by atoms with Crippen LogP contribution < -0.4 is 0 Å². The second-order valence-corrected chi connectivity index (χ2v) is 6.81. The predicted octanol–water partition coefficient (Wildman–Crippen LogP) is 3.47. The lowest BCUT2D eigenvalue weighted by Gasteiger charge is -2.33. The van der Waals surface area contributed by atoms with Gasteiger partial charge in [0.25, 0.3) is 5.69 Å². The molecule has 1 heterocycles. The summed E-state index contributed by atoms with van der Waals surface area (Å²) in [7, 11) is 0. The minimum Gasteiger partial charge on any atom is -0.480 e. The summed E-state index contributed by atoms with van der Waals surface area (Å²) < 4.78 is 0. The summed E-state index contributed by atoms with van der Waals surface area (Å²) in [5.74, 6) is -0.362. The van der Waals surface area contributed by atoms with Crippen molar-refractivity contribution in [1.82, 2.24) is 4.90 Å². The summed E-state index contributed by atoms with van der Waals surface area (Å²) in [6.45, 7) is 0.426. The van der Waals surface area contributed by atoms with Gasteiger partial charge < -0.3 is 5.11 Å². The lowest BCUT2D eigenvalue weighted by Crippen LogP contribution is -2.41. The Morgan fingerprint density at radius 2 is 2.13 bits per heavy atom. The van der Waals surface area contributed by atoms with E-state index in [4.69, 9.17) is 11.6 Å². The van der Waals surface area contributed by atoms with Crippen molar-refractivity contribution < 1.29 is 14.8 Å². The van der Waals surface area contributed by atoms with E-state index in [1.165, 1.54) is 18.6 Å². The van der Waals surface area contributed by atoms with E-state index in [0.29, 0.717) is 23.9 Å². The number of nitrogens with zero attached hydrogens (tertiary/aromatic N) is 2. The maximum absolute atomic E-state index is 11.6. The highest BCUT2D eigenvalue weighted by Crippen LogP contribution is 2.41. The van der Waals surface area contributed by atoms with Crippen LogP contribution in [0.4, 0.5) is 5.69 Å². The van der Waals surface area contributed by atoms with Gasteiger partial charge in [0, 0.05) is 24.7 Å². The molecule has 0 radical (unpaired) electrons. The third-order valence-corrected chi connectivity index (χ3v) is 5.46. The summed E-state index contributed by atoms with van der Waals surface area (Å²) in [5, 5.41) is 20.6. The number of non-ortho nitro benzene ring substituents is 1. The molecular weight excluding hydrogens is 320 g/mol. The quantitative estimate of drug-likeness (QED) is 0.671. The molecule has 1 N–H and O–H groups in total. The minimum absolute atomic E-state index is 0.0505. The smallest absolute Gasteiger partial charge is 0.320 e. The number of hydrogen-bond acceptors (Lipinski definition) is 4. The molecule has 1 aromatic rings. The molecule has 1 saturated heterocycles. The number of likely N-dealkylation sites (tertiary alicyclic amines) is 1. The molecule has 2 fully saturated rings. The first-order valence-electron chi connectivity index (χ1n) is 7.88. The van der Waals surface area contributed by atoms with Crippen molar-refractivity contribution in [2.45, 2.75) is 50.7 Å². The number of aliphatic carboxylic acids is 1. The summed E-state index contributed by atoms with van der Waals surface area (Å²) in [4.78, 5) is 24.0. The molecule has 0 bridgehead atoms. The van der Waals surface area contributed by atoms with Crippen molar-refractivity contribution in [3.8, 4) is 0 Å². The first-order chi connectivity index (χ1) is 11.0. The Labute approximate surface area is 139 Å². The Bertz CT molecular complexity index is 637. The number of hydrogen-bond donors (Lipinski definition) is 1. The zero-order valence-corrected chi connectivity index (χ0v) is 13.4. The Morgan fingerprint density at radius 3 is 2.78 bits per heavy atom. The molecular formula is C16H19ClN2O4. The molecule has 1 aliphatic heterocycles. The third-order valence-electron chi connectivity index (χ3n) is 5.11. The van der Waals surface area contributed by atoms with Gasteiger partial charge in [-0.05, 0) is 36.8 Å². The van der Waals surface area contributed by atoms with Crippen molar-refractivity contribution in [1.29, 1.82) is 0 Å². The van der Waals surface area contributed by atoms with Gasteiger partial charge in [0.1, 0.15) is 6.04 Å². The number of fused-ring (bicyclic) bond motifs is 1. The van der Waals surface area contributed by atoms with Gasteiger partial charge in [-0.25, -0.2) is 0 Å². The van der Waals surface area contributed by atoms with E-state index in [-0.39, 0.29) is 11.7 Å². The second kappa shape index (κ2) is 6.45. The molecule has 6 nitrogen and oxygen atoms in total. The molecule has 7 heteroatoms. The number of benzene rings is 1. The van der Waals surface area contributed by atoms with Crippen LogP contribution in [-0.2, 0) is 11.3 Å². The molecule has 0 aromatic heterocycles. The van der Waals surface area contributed by atoms with Crippen LogP contribution in [0, 0.1) is 16.0 Å². The van der Waals surface area contributed by atoms with Crippen LogP contribution in [0.5, 0.6) is 0 Å². The van der Waals surface area contributed by atoms with Crippen molar-refractivity contribution in [3.05, 3.63) is 38.9 Å². The van der Waals surface area contributed by atoms with Crippen LogP contribution in [0.2, 0.25) is 5.02 Å². The van der Waals surface area contributed by atoms with E-state index in [2.05, 4.69) is 0 Å². The number of nitro groups is 1. The van der Waals surface area contributed by atoms with Crippen LogP contribution in [0.1, 0.15) is 37.7 Å². The number of rotatable bonds is 4. The monoisotopic (exact) mass is 338 g/mol. The van der Waals surface area contributed by atoms with E-state index in [9.17, 15) is 20.0 Å². The van der Waals surface area contributed by atoms with Crippen LogP contribution in [0.25, 0.3) is 0 Å². The van der Waals surface area contributed by atoms with Gasteiger partial charge >= 0.3 is 5.97 Å². The summed E-state index contributed by atoms with van der Waals surface area (Å²) in [6, 6.07) is 4.17. The maximum Gasteiger partial charge on any atom is 0.320 e. The Morgan fingerprint density at radius 1 is 1.39 bits per heavy atom. The van der Waals surface area contributed by atoms with Crippen LogP contribution >= 0.6 is 11.6 Å². The number of carboxylic acid groups (broad SMARTS) is 1. The van der Waals surface area contributed by atoms with E-state index in [1.807, 2.05) is 4.90 Å². The molecule has 1 aliphatic carbocycles. The highest BCUT2D eigenvalue weighted by Gasteiger charge is 2.45. The summed E-state index contributed by atoms with van der Waals surface area (Å²) in [5.41, 5.74) is 0.695. The van der Waals surface area contributed by atoms with Gasteiger partial charge in [-0.3, -0.25) is 19.8 Å². The topological polar surface area (TPSA) is 83.7 Å². The average molecular weight is 339 g/mol. The molecule has 124 valence electrons. The fourth-order valence-corrected chi connectivity index (χ4v) is 4.23. The van der Waals surface area contributed by atoms with E-state index < -0.39 is 16.9 Å². The molecule has 23 heavy (non-hydrogen) atoms. The fourth-order valence-electron chi connectivity index (χ4n) is 4.00. The van der Waals surface area contributed by atoms with Crippen molar-refractivity contribution in [2.75, 3.05) is 0 Å². The first-order valence-corrected chi connectivity index (χ1v) is 8.26. The van der Waals surface area contributed by atoms with Crippen LogP contribution in [0.15, 0.2) is 18.2 Å². The van der Waals surface area contributed by atoms with E-state index >= 15 is 0 Å². The van der Waals surface area contributed by atoms with Gasteiger partial charge in [0.2, 0.25) is 0 Å². The standard InChI is InChI=1S/C16H19ClN2O4/c17-13-8-12(19(22)23)6-5-11(13)9-18-14-4-2-1-3-10(14)7-15(18)16(20)21/h5-6,8,10,14-15H,1-4,7,9H2,(H,20,21). The van der Waals surface area contributed by atoms with Gasteiger partial charge in [0.05, 0.1) is 9.95 Å². The molecule has 0 amide bonds. The number of carbonyl (C=O) groups is 1. The fraction of sp³-hybridized carbons (Fsp3) is 0.562. The molecule has 2 aliphatic rings. The number of nitro benzene ring substituents is 1. The average Bonchev–Trinajstić information content (AvgIpc) is 2.88. The molecule has 0 spiro atoms. The number of halogens is 1. The molecule has 3 rings (SSSR count). The maximum atomic E-state index is 11.6. The SMILES string of the molecule is O=C(O)C1CC2CCCCC2N1Cc1ccc([N+](=O)[O-])cc1Cl. The first kappa shape index (κ1) is 16.2. The van der Waals surface area contributed by atoms with Crippen molar-refractivity contribution in [2.24, 2.45) is 5.92 Å². The molecule has 3 atom stereocenters. The van der Waals surface area contributed by atoms with Crippen LogP contribution in [0.3, 0.4) is 0 Å². The normalized spacial score (nSPS) is 27.6. The Balaban J connectivity index is 1.84. The second-order valence-electron chi connectivity index (χ2n) is 6.41. The Kier molecular flexibility index (Phi) is 4.55. The van der Waals surface area contributed by atoms with Crippen LogP contribution in [-0.4, -0.2) is 33.0 Å². The zero-order valence-electron chi connectivity index (χ0n) is 12.7. The van der Waals surface area contributed by atoms with Gasteiger partial charge in [-0.1, -0.05) is 24.4 Å². The highest BCUT2D eigenvalue weighted by molar-refractivity contribution is 6.31. The van der Waals surface area contributed by atoms with Gasteiger partial charge in [-0.15, -0.1) is 0 Å². The largest absolute Gasteiger partial charge is 0.480 e. The third kappa shape index (κ3) is 3.19. The Hall–Kier alpha value is -1.66. The van der Waals surface area contributed by atoms with Gasteiger partial charge in [0.15, 0.2) is 0 Å². The van der Waals surface area contributed by atoms with Crippen molar-refractivity contribution >= 4 is 23.3 Å². The summed E-state index contributed by atoms with van der Waals surface area (Å²) in [6.07, 6.45) is 5.07. The highest BCUT2D eigenvalue weighted by atomic mass is 35.5. The molecule has 1 aromatic carbocycles. The number of carboxylic acids is 1. The van der Waals surface area contributed by atoms with Crippen molar-refractivity contribution in [3.63, 3.8) is 0 Å². The molecule has 3 unspecified atom stereocenters. The summed E-state index contributed by atoms with van der Waals surface area (Å²) >= 11 is 6.18. The van der Waals surface area contributed by atoms with E-state index in [1.54, 1.807) is 6.07 Å². The lowest BCUT2D eigenvalue weighted by molar-refractivity contribution is -0.384. The van der Waals surface area contributed by atoms with E-state index in [0.717, 1.165) is 24.8 Å². The molecule has 1 saturated carbocycles. The predicted molar refractivity (Wildman–Crippen MR) is 85.4 cm³/mol. The lowest BCUT2D eigenvalue weighted by atomic mass is 9.84. The minimum atomic E-state index is -0.794.